The van der Waals surface area contributed by atoms with E-state index in [0.29, 0.717) is 5.06 Å². The Morgan fingerprint density at radius 1 is 1.64 bits per heavy atom. The highest BCUT2D eigenvalue weighted by atomic mass is 16.7. The lowest BCUT2D eigenvalue weighted by atomic mass is 10.1. The highest BCUT2D eigenvalue weighted by Gasteiger charge is 2.39. The lowest BCUT2D eigenvalue weighted by Crippen LogP contribution is -2.56. The van der Waals surface area contributed by atoms with Crippen LogP contribution in [-0.2, 0) is 14.4 Å². The van der Waals surface area contributed by atoms with E-state index in [0.717, 1.165) is 0 Å². The van der Waals surface area contributed by atoms with Crippen molar-refractivity contribution in [2.45, 2.75) is 25.2 Å². The Balaban J connectivity index is 2.73. The van der Waals surface area contributed by atoms with Crippen LogP contribution in [0.4, 0.5) is 0 Å². The number of hydroxylamine groups is 2. The van der Waals surface area contributed by atoms with Gasteiger partial charge in [-0.25, -0.2) is 9.86 Å². The molecule has 0 spiro atoms. The summed E-state index contributed by atoms with van der Waals surface area (Å²) in [4.78, 5) is 26.4. The number of rotatable bonds is 2. The predicted octanol–water partition coefficient (Wildman–Crippen LogP) is -2.04. The average molecular weight is 205 g/mol. The molecule has 1 fully saturated rings. The van der Waals surface area contributed by atoms with Gasteiger partial charge in [-0.1, -0.05) is 0 Å². The molecule has 3 N–H and O–H groups in total. The van der Waals surface area contributed by atoms with Crippen molar-refractivity contribution >= 4 is 11.9 Å². The molecule has 1 heterocycles. The van der Waals surface area contributed by atoms with E-state index < -0.39 is 30.1 Å². The Hall–Kier alpha value is -1.18. The summed E-state index contributed by atoms with van der Waals surface area (Å²) < 4.78 is 0. The molecule has 1 amide bonds. The van der Waals surface area contributed by atoms with E-state index in [4.69, 9.17) is 15.3 Å². The molecule has 0 aromatic rings. The molecule has 0 bridgehead atoms. The summed E-state index contributed by atoms with van der Waals surface area (Å²) in [7, 11) is 0. The van der Waals surface area contributed by atoms with Crippen LogP contribution >= 0.6 is 0 Å². The van der Waals surface area contributed by atoms with Crippen LogP contribution in [0.3, 0.4) is 0 Å². The monoisotopic (exact) mass is 205 g/mol. The number of carbonyl (C=O) groups is 2. The summed E-state index contributed by atoms with van der Waals surface area (Å²) in [6.07, 6.45) is -2.93. The normalized spacial score (nSPS) is 30.2. The van der Waals surface area contributed by atoms with E-state index in [2.05, 4.69) is 4.84 Å². The van der Waals surface area contributed by atoms with Gasteiger partial charge in [-0.15, -0.1) is 0 Å². The summed E-state index contributed by atoms with van der Waals surface area (Å²) in [6, 6.07) is -1.19. The highest BCUT2D eigenvalue weighted by molar-refractivity contribution is 5.85. The molecule has 0 saturated carbocycles. The maximum absolute atomic E-state index is 11.2. The third kappa shape index (κ3) is 1.84. The molecular formula is C7H11NO6. The number of hydrogen-bond donors (Lipinski definition) is 3. The number of amides is 1. The molecule has 7 nitrogen and oxygen atoms in total. The number of carboxylic acid groups (broad SMARTS) is 1. The molecule has 0 radical (unpaired) electrons. The molecule has 80 valence electrons. The first kappa shape index (κ1) is 10.9. The number of aliphatic carboxylic acids is 1. The molecular weight excluding hydrogens is 194 g/mol. The molecule has 0 aromatic heterocycles. The minimum absolute atomic E-state index is 0.301. The fraction of sp³-hybridized carbons (Fsp3) is 0.714. The van der Waals surface area contributed by atoms with Crippen LogP contribution in [0.1, 0.15) is 6.92 Å². The number of aliphatic hydroxyl groups excluding tert-OH is 2. The Kier molecular flexibility index (Phi) is 3.04. The van der Waals surface area contributed by atoms with Crippen LogP contribution in [0.15, 0.2) is 0 Å². The van der Waals surface area contributed by atoms with Gasteiger partial charge in [-0.05, 0) is 6.92 Å². The summed E-state index contributed by atoms with van der Waals surface area (Å²) >= 11 is 0. The topological polar surface area (TPSA) is 107 Å². The van der Waals surface area contributed by atoms with E-state index in [1.165, 1.54) is 6.92 Å². The Bertz CT molecular complexity index is 255. The van der Waals surface area contributed by atoms with Crippen molar-refractivity contribution in [3.05, 3.63) is 0 Å². The van der Waals surface area contributed by atoms with Gasteiger partial charge in [-0.2, -0.15) is 0 Å². The van der Waals surface area contributed by atoms with Crippen LogP contribution in [0.5, 0.6) is 0 Å². The van der Waals surface area contributed by atoms with E-state index in [1.54, 1.807) is 0 Å². The lowest BCUT2D eigenvalue weighted by Gasteiger charge is -2.33. The lowest BCUT2D eigenvalue weighted by molar-refractivity contribution is -0.246. The van der Waals surface area contributed by atoms with Gasteiger partial charge >= 0.3 is 5.97 Å². The fourth-order valence-corrected chi connectivity index (χ4v) is 1.01. The average Bonchev–Trinajstić information content (AvgIpc) is 2.13. The first-order valence-corrected chi connectivity index (χ1v) is 4.00. The second-order valence-electron chi connectivity index (χ2n) is 2.99. The molecule has 1 aliphatic heterocycles. The SMILES string of the molecule is CC(C(=O)O)N1OC[C@H](O)[C@H](O)C1=O. The highest BCUT2D eigenvalue weighted by Crippen LogP contribution is 2.13. The van der Waals surface area contributed by atoms with Gasteiger partial charge in [0, 0.05) is 0 Å². The molecule has 3 atom stereocenters. The van der Waals surface area contributed by atoms with Gasteiger partial charge in [0.25, 0.3) is 5.91 Å². The molecule has 7 heteroatoms. The zero-order valence-corrected chi connectivity index (χ0v) is 7.45. The summed E-state index contributed by atoms with van der Waals surface area (Å²) in [6.45, 7) is 0.940. The number of carboxylic acids is 1. The van der Waals surface area contributed by atoms with Crippen molar-refractivity contribution in [3.8, 4) is 0 Å². The maximum Gasteiger partial charge on any atom is 0.328 e. The predicted molar refractivity (Wildman–Crippen MR) is 41.9 cm³/mol. The molecule has 1 rings (SSSR count). The van der Waals surface area contributed by atoms with Crippen LogP contribution in [-0.4, -0.2) is 57.1 Å². The van der Waals surface area contributed by atoms with Crippen LogP contribution < -0.4 is 0 Å². The van der Waals surface area contributed by atoms with Crippen LogP contribution in [0.2, 0.25) is 0 Å². The number of nitrogens with zero attached hydrogens (tertiary/aromatic N) is 1. The minimum atomic E-state index is -1.62. The quantitative estimate of drug-likeness (QED) is 0.479. The van der Waals surface area contributed by atoms with E-state index in [-0.39, 0.29) is 6.61 Å². The van der Waals surface area contributed by atoms with Gasteiger partial charge in [0.1, 0.15) is 12.7 Å². The maximum atomic E-state index is 11.2. The number of hydrogen-bond acceptors (Lipinski definition) is 5. The first-order chi connectivity index (χ1) is 6.45. The van der Waals surface area contributed by atoms with Crippen molar-refractivity contribution < 1.29 is 29.7 Å². The van der Waals surface area contributed by atoms with Crippen molar-refractivity contribution in [2.24, 2.45) is 0 Å². The van der Waals surface area contributed by atoms with E-state index in [9.17, 15) is 9.59 Å². The van der Waals surface area contributed by atoms with Crippen molar-refractivity contribution in [1.82, 2.24) is 5.06 Å². The fourth-order valence-electron chi connectivity index (χ4n) is 1.01. The Morgan fingerprint density at radius 3 is 2.71 bits per heavy atom. The van der Waals surface area contributed by atoms with Gasteiger partial charge in [0.2, 0.25) is 0 Å². The molecule has 1 aliphatic rings. The summed E-state index contributed by atoms with van der Waals surface area (Å²) in [5.41, 5.74) is 0. The summed E-state index contributed by atoms with van der Waals surface area (Å²) in [5.74, 6) is -2.19. The van der Waals surface area contributed by atoms with Crippen molar-refractivity contribution in [2.75, 3.05) is 6.61 Å². The molecule has 14 heavy (non-hydrogen) atoms. The molecule has 0 aliphatic carbocycles. The second-order valence-corrected chi connectivity index (χ2v) is 2.99. The van der Waals surface area contributed by atoms with Crippen LogP contribution in [0.25, 0.3) is 0 Å². The zero-order chi connectivity index (χ0) is 10.9. The molecule has 0 aromatic carbocycles. The van der Waals surface area contributed by atoms with Gasteiger partial charge in [0.05, 0.1) is 0 Å². The smallest absolute Gasteiger partial charge is 0.328 e. The van der Waals surface area contributed by atoms with E-state index in [1.807, 2.05) is 0 Å². The second kappa shape index (κ2) is 3.91. The number of carbonyl (C=O) groups excluding carboxylic acids is 1. The van der Waals surface area contributed by atoms with Crippen LogP contribution in [0, 0.1) is 0 Å². The van der Waals surface area contributed by atoms with Crippen molar-refractivity contribution in [1.29, 1.82) is 0 Å². The Labute approximate surface area is 79.5 Å². The van der Waals surface area contributed by atoms with Gasteiger partial charge in [-0.3, -0.25) is 9.63 Å². The third-order valence-electron chi connectivity index (χ3n) is 1.93. The third-order valence-corrected chi connectivity index (χ3v) is 1.93. The van der Waals surface area contributed by atoms with E-state index >= 15 is 0 Å². The summed E-state index contributed by atoms with van der Waals surface area (Å²) in [5, 5.41) is 27.3. The standard InChI is InChI=1S/C7H11NO6/c1-3(7(12)13)8-6(11)5(10)4(9)2-14-8/h3-5,9-10H,2H2,1H3,(H,12,13)/t3?,4-,5-/m0/s1. The minimum Gasteiger partial charge on any atom is -0.480 e. The largest absolute Gasteiger partial charge is 0.480 e. The number of aliphatic hydroxyl groups is 2. The van der Waals surface area contributed by atoms with Gasteiger partial charge in [0.15, 0.2) is 12.1 Å². The Morgan fingerprint density at radius 2 is 2.21 bits per heavy atom. The van der Waals surface area contributed by atoms with Gasteiger partial charge < -0.3 is 15.3 Å². The molecule has 1 unspecified atom stereocenters. The zero-order valence-electron chi connectivity index (χ0n) is 7.45. The first-order valence-electron chi connectivity index (χ1n) is 4.00. The van der Waals surface area contributed by atoms with Crippen molar-refractivity contribution in [3.63, 3.8) is 0 Å². The molecule has 1 saturated heterocycles.